The summed E-state index contributed by atoms with van der Waals surface area (Å²) in [5.41, 5.74) is 3.17. The Hall–Kier alpha value is -0.800. The number of hydrogen-bond donors (Lipinski definition) is 0. The number of para-hydroxylation sites is 1. The summed E-state index contributed by atoms with van der Waals surface area (Å²) in [6, 6.07) is 8.05. The Morgan fingerprint density at radius 1 is 1.44 bits per heavy atom. The van der Waals surface area contributed by atoms with Crippen LogP contribution >= 0.6 is 27.5 Å². The lowest BCUT2D eigenvalue weighted by Crippen LogP contribution is -2.31. The molecule has 2 nitrogen and oxygen atoms in total. The summed E-state index contributed by atoms with van der Waals surface area (Å²) in [6.45, 7) is 3.94. The molecule has 1 aliphatic heterocycles. The van der Waals surface area contributed by atoms with E-state index in [1.807, 2.05) is 38.1 Å². The van der Waals surface area contributed by atoms with Gasteiger partial charge in [-0.3, -0.25) is 4.98 Å². The first-order chi connectivity index (χ1) is 8.47. The van der Waals surface area contributed by atoms with Gasteiger partial charge in [0, 0.05) is 23.1 Å². The molecule has 2 atom stereocenters. The van der Waals surface area contributed by atoms with Crippen molar-refractivity contribution in [1.29, 1.82) is 0 Å². The zero-order valence-electron chi connectivity index (χ0n) is 10.2. The van der Waals surface area contributed by atoms with Crippen molar-refractivity contribution in [3.63, 3.8) is 0 Å². The van der Waals surface area contributed by atoms with Crippen LogP contribution in [0, 0.1) is 6.92 Å². The third kappa shape index (κ3) is 1.90. The average Bonchev–Trinajstić information content (AvgIpc) is 2.74. The van der Waals surface area contributed by atoms with Crippen LogP contribution in [0.3, 0.4) is 0 Å². The van der Waals surface area contributed by atoms with Gasteiger partial charge >= 0.3 is 0 Å². The molecule has 0 bridgehead atoms. The molecule has 0 fully saturated rings. The molecule has 0 radical (unpaired) electrons. The quantitative estimate of drug-likeness (QED) is 0.733. The molecule has 0 unspecified atom stereocenters. The number of benzene rings is 1. The van der Waals surface area contributed by atoms with Crippen molar-refractivity contribution >= 4 is 38.4 Å². The predicted octanol–water partition coefficient (Wildman–Crippen LogP) is 4.20. The van der Waals surface area contributed by atoms with Gasteiger partial charge in [-0.2, -0.15) is 0 Å². The van der Waals surface area contributed by atoms with Crippen molar-refractivity contribution in [2.45, 2.75) is 30.2 Å². The number of ether oxygens (including phenoxy) is 1. The number of alkyl halides is 2. The second kappa shape index (κ2) is 4.10. The van der Waals surface area contributed by atoms with E-state index in [0.717, 1.165) is 28.8 Å². The summed E-state index contributed by atoms with van der Waals surface area (Å²) in [7, 11) is 0. The van der Waals surface area contributed by atoms with E-state index in [1.54, 1.807) is 0 Å². The Labute approximate surface area is 119 Å². The van der Waals surface area contributed by atoms with Gasteiger partial charge < -0.3 is 4.74 Å². The van der Waals surface area contributed by atoms with E-state index in [1.165, 1.54) is 5.56 Å². The van der Waals surface area contributed by atoms with Crippen LogP contribution in [-0.4, -0.2) is 14.9 Å². The molecular formula is C14H13BrClNO. The van der Waals surface area contributed by atoms with E-state index in [0.29, 0.717) is 0 Å². The summed E-state index contributed by atoms with van der Waals surface area (Å²) < 4.78 is 5.49. The lowest BCUT2D eigenvalue weighted by molar-refractivity contribution is 0.225. The Morgan fingerprint density at radius 2 is 2.17 bits per heavy atom. The highest BCUT2D eigenvalue weighted by Crippen LogP contribution is 2.43. The van der Waals surface area contributed by atoms with Crippen molar-refractivity contribution in [2.24, 2.45) is 0 Å². The first-order valence-corrected chi connectivity index (χ1v) is 7.06. The van der Waals surface area contributed by atoms with Crippen LogP contribution in [0.25, 0.3) is 10.9 Å². The summed E-state index contributed by atoms with van der Waals surface area (Å²) in [5.74, 6) is 0.939. The van der Waals surface area contributed by atoms with Gasteiger partial charge in [0.15, 0.2) is 0 Å². The molecule has 94 valence electrons. The molecular weight excluding hydrogens is 314 g/mol. The van der Waals surface area contributed by atoms with E-state index in [-0.39, 0.29) is 6.10 Å². The zero-order valence-corrected chi connectivity index (χ0v) is 12.5. The topological polar surface area (TPSA) is 22.1 Å². The van der Waals surface area contributed by atoms with Crippen molar-refractivity contribution in [3.05, 3.63) is 35.5 Å². The van der Waals surface area contributed by atoms with Crippen LogP contribution in [0.4, 0.5) is 0 Å². The fraction of sp³-hybridized carbons (Fsp3) is 0.357. The lowest BCUT2D eigenvalue weighted by atomic mass is 10.0. The number of aromatic nitrogens is 1. The molecule has 0 N–H and O–H groups in total. The van der Waals surface area contributed by atoms with Gasteiger partial charge in [0.1, 0.15) is 15.6 Å². The van der Waals surface area contributed by atoms with Crippen LogP contribution in [0.15, 0.2) is 24.3 Å². The second-order valence-electron chi connectivity index (χ2n) is 4.79. The maximum absolute atomic E-state index is 6.30. The predicted molar refractivity (Wildman–Crippen MR) is 77.8 cm³/mol. The van der Waals surface area contributed by atoms with Crippen LogP contribution in [0.5, 0.6) is 5.75 Å². The Bertz CT molecular complexity index is 621. The highest BCUT2D eigenvalue weighted by atomic mass is 79.9. The van der Waals surface area contributed by atoms with Crippen LogP contribution in [0.2, 0.25) is 0 Å². The normalized spacial score (nSPS) is 21.4. The SMILES string of the molecule is Cc1nc2ccccc2c2c1C[C@@H]([C@](C)(Cl)Br)O2. The fourth-order valence-electron chi connectivity index (χ4n) is 2.37. The van der Waals surface area contributed by atoms with Gasteiger partial charge in [-0.25, -0.2) is 0 Å². The van der Waals surface area contributed by atoms with Gasteiger partial charge in [-0.1, -0.05) is 28.1 Å². The molecule has 0 amide bonds. The van der Waals surface area contributed by atoms with Crippen LogP contribution in [-0.2, 0) is 6.42 Å². The molecule has 2 heterocycles. The van der Waals surface area contributed by atoms with Gasteiger partial charge in [-0.15, -0.1) is 11.6 Å². The van der Waals surface area contributed by atoms with E-state index < -0.39 is 3.78 Å². The van der Waals surface area contributed by atoms with E-state index in [4.69, 9.17) is 16.3 Å². The molecule has 3 rings (SSSR count). The maximum Gasteiger partial charge on any atom is 0.134 e. The van der Waals surface area contributed by atoms with Crippen LogP contribution in [0.1, 0.15) is 18.2 Å². The van der Waals surface area contributed by atoms with Crippen LogP contribution < -0.4 is 4.74 Å². The number of nitrogens with zero attached hydrogens (tertiary/aromatic N) is 1. The number of halogens is 2. The minimum atomic E-state index is -0.556. The minimum Gasteiger partial charge on any atom is -0.486 e. The summed E-state index contributed by atoms with van der Waals surface area (Å²) in [6.07, 6.45) is 0.727. The molecule has 4 heteroatoms. The molecule has 0 spiro atoms. The average molecular weight is 327 g/mol. The molecule has 0 saturated heterocycles. The Morgan fingerprint density at radius 3 is 2.89 bits per heavy atom. The van der Waals surface area contributed by atoms with Gasteiger partial charge in [0.05, 0.1) is 5.52 Å². The largest absolute Gasteiger partial charge is 0.486 e. The zero-order chi connectivity index (χ0) is 12.9. The van der Waals surface area contributed by atoms with E-state index >= 15 is 0 Å². The summed E-state index contributed by atoms with van der Waals surface area (Å²) in [4.78, 5) is 4.63. The lowest BCUT2D eigenvalue weighted by Gasteiger charge is -2.21. The van der Waals surface area contributed by atoms with Gasteiger partial charge in [0.2, 0.25) is 0 Å². The van der Waals surface area contributed by atoms with Crippen molar-refractivity contribution in [1.82, 2.24) is 4.98 Å². The number of fused-ring (bicyclic) bond motifs is 3. The Balaban J connectivity index is 2.18. The number of rotatable bonds is 1. The van der Waals surface area contributed by atoms with E-state index in [2.05, 4.69) is 20.9 Å². The van der Waals surface area contributed by atoms with Gasteiger partial charge in [0.25, 0.3) is 0 Å². The minimum absolute atomic E-state index is 0.0690. The summed E-state index contributed by atoms with van der Waals surface area (Å²) in [5, 5.41) is 1.06. The van der Waals surface area contributed by atoms with Crippen molar-refractivity contribution in [3.8, 4) is 5.75 Å². The third-order valence-corrected chi connectivity index (χ3v) is 4.12. The molecule has 18 heavy (non-hydrogen) atoms. The monoisotopic (exact) mass is 325 g/mol. The first-order valence-electron chi connectivity index (χ1n) is 5.89. The highest BCUT2D eigenvalue weighted by Gasteiger charge is 2.38. The molecule has 0 aliphatic carbocycles. The summed E-state index contributed by atoms with van der Waals surface area (Å²) >= 11 is 9.78. The Kier molecular flexibility index (Phi) is 2.79. The first kappa shape index (κ1) is 12.2. The number of hydrogen-bond acceptors (Lipinski definition) is 2. The molecule has 1 aliphatic rings. The molecule has 1 aromatic carbocycles. The maximum atomic E-state index is 6.30. The standard InChI is InChI=1S/C14H13BrClNO/c1-8-10-7-12(14(2,15)16)18-13(10)9-5-3-4-6-11(9)17-8/h3-6,12H,7H2,1-2H3/t12-,14-/m0/s1. The fourth-order valence-corrected chi connectivity index (χ4v) is 2.74. The second-order valence-corrected chi connectivity index (χ2v) is 7.68. The number of aryl methyl sites for hydroxylation is 1. The molecule has 2 aromatic rings. The molecule has 0 saturated carbocycles. The van der Waals surface area contributed by atoms with Crippen molar-refractivity contribution < 1.29 is 4.74 Å². The van der Waals surface area contributed by atoms with Gasteiger partial charge in [-0.05, 0) is 26.0 Å². The van der Waals surface area contributed by atoms with Crippen molar-refractivity contribution in [2.75, 3.05) is 0 Å². The smallest absolute Gasteiger partial charge is 0.134 e. The number of pyridine rings is 1. The molecule has 1 aromatic heterocycles. The highest BCUT2D eigenvalue weighted by molar-refractivity contribution is 9.10. The van der Waals surface area contributed by atoms with E-state index in [9.17, 15) is 0 Å². The third-order valence-electron chi connectivity index (χ3n) is 3.36.